The van der Waals surface area contributed by atoms with E-state index in [0.717, 1.165) is 61.8 Å². The predicted molar refractivity (Wildman–Crippen MR) is 93.2 cm³/mol. The quantitative estimate of drug-likeness (QED) is 0.870. The summed E-state index contributed by atoms with van der Waals surface area (Å²) in [6, 6.07) is 7.91. The van der Waals surface area contributed by atoms with Crippen LogP contribution in [0.25, 0.3) is 11.0 Å². The van der Waals surface area contributed by atoms with E-state index in [1.807, 2.05) is 23.1 Å². The number of carbonyl (C=O) groups is 1. The summed E-state index contributed by atoms with van der Waals surface area (Å²) in [6.45, 7) is 5.96. The van der Waals surface area contributed by atoms with Crippen molar-refractivity contribution >= 4 is 29.3 Å². The Balaban J connectivity index is 0.00000156. The molecule has 1 aromatic carbocycles. The molecule has 2 aliphatic rings. The van der Waals surface area contributed by atoms with Crippen LogP contribution in [0.1, 0.15) is 29.0 Å². The summed E-state index contributed by atoms with van der Waals surface area (Å²) >= 11 is 0. The molecule has 0 radical (unpaired) electrons. The summed E-state index contributed by atoms with van der Waals surface area (Å²) in [5, 5.41) is 4.48. The van der Waals surface area contributed by atoms with Crippen LogP contribution in [0.2, 0.25) is 0 Å². The van der Waals surface area contributed by atoms with Crippen molar-refractivity contribution in [2.75, 3.05) is 26.2 Å². The summed E-state index contributed by atoms with van der Waals surface area (Å²) in [5.41, 5.74) is 1.98. The Bertz CT molecular complexity index is 698. The Morgan fingerprint density at radius 3 is 2.57 bits per heavy atom. The third-order valence-corrected chi connectivity index (χ3v) is 5.19. The van der Waals surface area contributed by atoms with Crippen LogP contribution in [0, 0.1) is 18.8 Å². The van der Waals surface area contributed by atoms with Gasteiger partial charge in [-0.1, -0.05) is 11.6 Å². The molecule has 2 saturated heterocycles. The lowest BCUT2D eigenvalue weighted by molar-refractivity contribution is 0.0729. The molecule has 0 bridgehead atoms. The van der Waals surface area contributed by atoms with Gasteiger partial charge in [-0.25, -0.2) is 0 Å². The first-order chi connectivity index (χ1) is 10.7. The van der Waals surface area contributed by atoms with Crippen LogP contribution in [0.4, 0.5) is 0 Å². The highest BCUT2D eigenvalue weighted by molar-refractivity contribution is 5.96. The average Bonchev–Trinajstić information content (AvgIpc) is 3.08. The summed E-state index contributed by atoms with van der Waals surface area (Å²) < 4.78 is 5.77. The Kier molecular flexibility index (Phi) is 4.64. The van der Waals surface area contributed by atoms with Crippen molar-refractivity contribution in [3.05, 3.63) is 35.6 Å². The standard InChI is InChI=1S/C18H22N2O2.ClH/c1-12-2-3-16-15(8-12)9-17(22-16)18(21)20-6-4-13-10-19-11-14(13)5-7-20;/h2-3,8-9,13-14,19H,4-7,10-11H2,1H3;1H/t13-,14+;. The number of hydrogen-bond donors (Lipinski definition) is 1. The molecule has 4 nitrogen and oxygen atoms in total. The molecule has 1 aromatic heterocycles. The van der Waals surface area contributed by atoms with E-state index in [0.29, 0.717) is 5.76 Å². The van der Waals surface area contributed by atoms with Gasteiger partial charge in [0.1, 0.15) is 5.58 Å². The molecule has 1 amide bonds. The highest BCUT2D eigenvalue weighted by Crippen LogP contribution is 2.28. The van der Waals surface area contributed by atoms with Gasteiger partial charge in [-0.15, -0.1) is 12.4 Å². The van der Waals surface area contributed by atoms with Crippen molar-refractivity contribution in [1.82, 2.24) is 10.2 Å². The van der Waals surface area contributed by atoms with Gasteiger partial charge in [0.2, 0.25) is 0 Å². The SMILES string of the molecule is Cc1ccc2oc(C(=O)N3CC[C@@H]4CNC[C@@H]4CC3)cc2c1.Cl. The molecule has 4 rings (SSSR count). The first-order valence-corrected chi connectivity index (χ1v) is 8.21. The van der Waals surface area contributed by atoms with Gasteiger partial charge in [0.15, 0.2) is 5.76 Å². The summed E-state index contributed by atoms with van der Waals surface area (Å²) in [6.07, 6.45) is 2.20. The average molecular weight is 335 g/mol. The molecule has 3 heterocycles. The maximum absolute atomic E-state index is 12.7. The van der Waals surface area contributed by atoms with Crippen molar-refractivity contribution < 1.29 is 9.21 Å². The minimum absolute atomic E-state index is 0. The number of nitrogens with zero attached hydrogens (tertiary/aromatic N) is 1. The zero-order chi connectivity index (χ0) is 15.1. The number of carbonyl (C=O) groups excluding carboxylic acids is 1. The van der Waals surface area contributed by atoms with E-state index in [-0.39, 0.29) is 18.3 Å². The Morgan fingerprint density at radius 1 is 1.17 bits per heavy atom. The highest BCUT2D eigenvalue weighted by Gasteiger charge is 2.32. The van der Waals surface area contributed by atoms with E-state index >= 15 is 0 Å². The number of rotatable bonds is 1. The number of likely N-dealkylation sites (tertiary alicyclic amines) is 1. The molecule has 0 spiro atoms. The number of fused-ring (bicyclic) bond motifs is 2. The Labute approximate surface area is 142 Å². The number of aryl methyl sites for hydroxylation is 1. The summed E-state index contributed by atoms with van der Waals surface area (Å²) in [7, 11) is 0. The fourth-order valence-electron chi connectivity index (χ4n) is 3.85. The number of amides is 1. The van der Waals surface area contributed by atoms with Crippen LogP contribution in [0.15, 0.2) is 28.7 Å². The number of furan rings is 1. The number of benzene rings is 1. The van der Waals surface area contributed by atoms with Gasteiger partial charge in [0.05, 0.1) is 0 Å². The number of hydrogen-bond acceptors (Lipinski definition) is 3. The number of halogens is 1. The summed E-state index contributed by atoms with van der Waals surface area (Å²) in [5.74, 6) is 1.99. The first kappa shape index (κ1) is 16.3. The molecular weight excluding hydrogens is 312 g/mol. The fraction of sp³-hybridized carbons (Fsp3) is 0.500. The highest BCUT2D eigenvalue weighted by atomic mass is 35.5. The van der Waals surface area contributed by atoms with Crippen molar-refractivity contribution in [2.24, 2.45) is 11.8 Å². The smallest absolute Gasteiger partial charge is 0.289 e. The monoisotopic (exact) mass is 334 g/mol. The molecule has 2 aromatic rings. The second-order valence-electron chi connectivity index (χ2n) is 6.70. The van der Waals surface area contributed by atoms with Gasteiger partial charge in [-0.2, -0.15) is 0 Å². The van der Waals surface area contributed by atoms with E-state index < -0.39 is 0 Å². The van der Waals surface area contributed by atoms with Crippen LogP contribution in [-0.2, 0) is 0 Å². The Hall–Kier alpha value is -1.52. The maximum atomic E-state index is 12.7. The van der Waals surface area contributed by atoms with E-state index in [4.69, 9.17) is 4.42 Å². The minimum atomic E-state index is 0. The van der Waals surface area contributed by atoms with Crippen LogP contribution in [0.3, 0.4) is 0 Å². The van der Waals surface area contributed by atoms with Crippen LogP contribution >= 0.6 is 12.4 Å². The largest absolute Gasteiger partial charge is 0.451 e. The molecule has 1 N–H and O–H groups in total. The third-order valence-electron chi connectivity index (χ3n) is 5.19. The van der Waals surface area contributed by atoms with Crippen molar-refractivity contribution in [3.8, 4) is 0 Å². The zero-order valence-electron chi connectivity index (χ0n) is 13.4. The Morgan fingerprint density at radius 2 is 1.87 bits per heavy atom. The van der Waals surface area contributed by atoms with E-state index in [2.05, 4.69) is 18.3 Å². The van der Waals surface area contributed by atoms with Gasteiger partial charge in [-0.3, -0.25) is 4.79 Å². The normalized spacial score (nSPS) is 24.1. The lowest BCUT2D eigenvalue weighted by atomic mass is 9.92. The van der Waals surface area contributed by atoms with Gasteiger partial charge in [0.25, 0.3) is 5.91 Å². The first-order valence-electron chi connectivity index (χ1n) is 8.21. The molecule has 23 heavy (non-hydrogen) atoms. The molecule has 2 fully saturated rings. The lowest BCUT2D eigenvalue weighted by Gasteiger charge is -2.19. The second-order valence-corrected chi connectivity index (χ2v) is 6.70. The molecule has 0 unspecified atom stereocenters. The van der Waals surface area contributed by atoms with Crippen molar-refractivity contribution in [2.45, 2.75) is 19.8 Å². The molecule has 124 valence electrons. The van der Waals surface area contributed by atoms with Crippen molar-refractivity contribution in [3.63, 3.8) is 0 Å². The zero-order valence-corrected chi connectivity index (χ0v) is 14.2. The van der Waals surface area contributed by atoms with Gasteiger partial charge < -0.3 is 14.6 Å². The molecular formula is C18H23ClN2O2. The van der Waals surface area contributed by atoms with Crippen molar-refractivity contribution in [1.29, 1.82) is 0 Å². The predicted octanol–water partition coefficient (Wildman–Crippen LogP) is 3.23. The van der Waals surface area contributed by atoms with Gasteiger partial charge in [-0.05, 0) is 62.9 Å². The number of nitrogens with one attached hydrogen (secondary N) is 1. The van der Waals surface area contributed by atoms with E-state index in [1.54, 1.807) is 0 Å². The molecule has 0 aliphatic carbocycles. The third kappa shape index (κ3) is 3.10. The van der Waals surface area contributed by atoms with Crippen LogP contribution in [0.5, 0.6) is 0 Å². The van der Waals surface area contributed by atoms with Gasteiger partial charge in [0, 0.05) is 18.5 Å². The van der Waals surface area contributed by atoms with E-state index in [1.165, 1.54) is 5.56 Å². The van der Waals surface area contributed by atoms with Crippen LogP contribution < -0.4 is 5.32 Å². The fourth-order valence-corrected chi connectivity index (χ4v) is 3.85. The maximum Gasteiger partial charge on any atom is 0.289 e. The topological polar surface area (TPSA) is 45.5 Å². The molecule has 5 heteroatoms. The van der Waals surface area contributed by atoms with Gasteiger partial charge >= 0.3 is 0 Å². The van der Waals surface area contributed by atoms with E-state index in [9.17, 15) is 4.79 Å². The lowest BCUT2D eigenvalue weighted by Crippen LogP contribution is -2.32. The molecule has 0 saturated carbocycles. The molecule has 2 atom stereocenters. The summed E-state index contributed by atoms with van der Waals surface area (Å²) in [4.78, 5) is 14.7. The molecule has 2 aliphatic heterocycles. The minimum Gasteiger partial charge on any atom is -0.451 e. The second kappa shape index (κ2) is 6.54. The van der Waals surface area contributed by atoms with Crippen LogP contribution in [-0.4, -0.2) is 37.0 Å².